The van der Waals surface area contributed by atoms with E-state index in [9.17, 15) is 19.5 Å². The second-order valence-electron chi connectivity index (χ2n) is 6.63. The molecule has 7 heteroatoms. The predicted molar refractivity (Wildman–Crippen MR) is 108 cm³/mol. The van der Waals surface area contributed by atoms with Crippen LogP contribution in [0.4, 0.5) is 0 Å². The molecule has 0 radical (unpaired) electrons. The molecule has 1 aliphatic rings. The number of benzene rings is 2. The summed E-state index contributed by atoms with van der Waals surface area (Å²) in [4.78, 5) is 38.5. The Morgan fingerprint density at radius 2 is 1.68 bits per heavy atom. The van der Waals surface area contributed by atoms with Gasteiger partial charge >= 0.3 is 5.97 Å². The van der Waals surface area contributed by atoms with E-state index in [4.69, 9.17) is 0 Å². The first-order valence-electron chi connectivity index (χ1n) is 9.03. The van der Waals surface area contributed by atoms with E-state index in [-0.39, 0.29) is 12.3 Å². The van der Waals surface area contributed by atoms with Crippen molar-refractivity contribution in [3.05, 3.63) is 71.8 Å². The van der Waals surface area contributed by atoms with Crippen LogP contribution in [0.2, 0.25) is 0 Å². The van der Waals surface area contributed by atoms with Crippen molar-refractivity contribution in [1.82, 2.24) is 10.2 Å². The van der Waals surface area contributed by atoms with Gasteiger partial charge in [-0.2, -0.15) is 0 Å². The number of carbonyl (C=O) groups excluding carboxylic acids is 2. The van der Waals surface area contributed by atoms with Crippen LogP contribution in [0.15, 0.2) is 60.7 Å². The Bertz CT molecular complexity index is 829. The van der Waals surface area contributed by atoms with Crippen molar-refractivity contribution in [3.8, 4) is 0 Å². The minimum atomic E-state index is -1.10. The molecule has 0 spiro atoms. The molecule has 3 rings (SSSR count). The standard InChI is InChI=1S/C21H22N2O4S/c24-19-14-28-13-18(23(19)12-16-9-5-2-6-10-16)20(25)22-17(21(26)27)11-15-7-3-1-4-8-15/h1-10,17-18H,11-14H2,(H,22,25)(H,26,27)/t17-,18?/m0/s1. The molecule has 2 aromatic carbocycles. The number of nitrogens with one attached hydrogen (secondary N) is 1. The van der Waals surface area contributed by atoms with Gasteiger partial charge in [-0.1, -0.05) is 60.7 Å². The van der Waals surface area contributed by atoms with Gasteiger partial charge in [0.05, 0.1) is 5.75 Å². The van der Waals surface area contributed by atoms with Crippen molar-refractivity contribution in [3.63, 3.8) is 0 Å². The minimum Gasteiger partial charge on any atom is -0.480 e. The third-order valence-electron chi connectivity index (χ3n) is 4.59. The second-order valence-corrected chi connectivity index (χ2v) is 7.66. The number of amides is 2. The van der Waals surface area contributed by atoms with E-state index in [1.54, 1.807) is 4.90 Å². The molecule has 1 fully saturated rings. The highest BCUT2D eigenvalue weighted by molar-refractivity contribution is 8.00. The zero-order valence-electron chi connectivity index (χ0n) is 15.3. The summed E-state index contributed by atoms with van der Waals surface area (Å²) in [5, 5.41) is 12.2. The zero-order chi connectivity index (χ0) is 19.9. The fourth-order valence-corrected chi connectivity index (χ4v) is 4.13. The molecule has 1 aliphatic heterocycles. The Balaban J connectivity index is 1.72. The number of rotatable bonds is 7. The number of nitrogens with zero attached hydrogens (tertiary/aromatic N) is 1. The number of hydrogen-bond donors (Lipinski definition) is 2. The summed E-state index contributed by atoms with van der Waals surface area (Å²) >= 11 is 1.39. The zero-order valence-corrected chi connectivity index (χ0v) is 16.1. The quantitative estimate of drug-likeness (QED) is 0.744. The Kier molecular flexibility index (Phi) is 6.71. The molecule has 28 heavy (non-hydrogen) atoms. The van der Waals surface area contributed by atoms with Crippen molar-refractivity contribution < 1.29 is 19.5 Å². The van der Waals surface area contributed by atoms with Crippen LogP contribution < -0.4 is 5.32 Å². The molecule has 2 N–H and O–H groups in total. The van der Waals surface area contributed by atoms with Crippen LogP contribution in [-0.4, -0.2) is 51.4 Å². The lowest BCUT2D eigenvalue weighted by Crippen LogP contribution is -2.56. The molecule has 1 saturated heterocycles. The first-order valence-corrected chi connectivity index (χ1v) is 10.2. The summed E-state index contributed by atoms with van der Waals surface area (Å²) in [7, 11) is 0. The molecule has 2 amide bonds. The molecule has 2 aromatic rings. The monoisotopic (exact) mass is 398 g/mol. The second kappa shape index (κ2) is 9.41. The summed E-state index contributed by atoms with van der Waals surface area (Å²) in [6.07, 6.45) is 0.189. The number of carboxylic acid groups (broad SMARTS) is 1. The molecule has 0 aliphatic carbocycles. The summed E-state index contributed by atoms with van der Waals surface area (Å²) < 4.78 is 0. The molecule has 0 aromatic heterocycles. The summed E-state index contributed by atoms with van der Waals surface area (Å²) in [5.74, 6) is -0.873. The lowest BCUT2D eigenvalue weighted by molar-refractivity contribution is -0.144. The Morgan fingerprint density at radius 1 is 1.07 bits per heavy atom. The van der Waals surface area contributed by atoms with Crippen LogP contribution in [0.25, 0.3) is 0 Å². The Labute approximate surface area is 167 Å². The molecule has 1 unspecified atom stereocenters. The smallest absolute Gasteiger partial charge is 0.326 e. The molecule has 0 saturated carbocycles. The van der Waals surface area contributed by atoms with Gasteiger partial charge in [0.25, 0.3) is 0 Å². The lowest BCUT2D eigenvalue weighted by Gasteiger charge is -2.35. The van der Waals surface area contributed by atoms with Gasteiger partial charge in [0.2, 0.25) is 11.8 Å². The fourth-order valence-electron chi connectivity index (χ4n) is 3.12. The average Bonchev–Trinajstić information content (AvgIpc) is 2.70. The molecular weight excluding hydrogens is 376 g/mol. The SMILES string of the molecule is O=C(N[C@@H](Cc1ccccc1)C(=O)O)C1CSCC(=O)N1Cc1ccccc1. The van der Waals surface area contributed by atoms with Crippen molar-refractivity contribution >= 4 is 29.5 Å². The predicted octanol–water partition coefficient (Wildman–Crippen LogP) is 1.94. The minimum absolute atomic E-state index is 0.116. The number of carbonyl (C=O) groups is 3. The average molecular weight is 398 g/mol. The summed E-state index contributed by atoms with van der Waals surface area (Å²) in [6.45, 7) is 0.328. The largest absolute Gasteiger partial charge is 0.480 e. The van der Waals surface area contributed by atoms with Gasteiger partial charge in [0.1, 0.15) is 12.1 Å². The number of thioether (sulfide) groups is 1. The normalized spacial score (nSPS) is 17.8. The highest BCUT2D eigenvalue weighted by Crippen LogP contribution is 2.21. The van der Waals surface area contributed by atoms with Crippen LogP contribution in [-0.2, 0) is 27.3 Å². The molecule has 2 atom stereocenters. The van der Waals surface area contributed by atoms with E-state index < -0.39 is 24.0 Å². The van der Waals surface area contributed by atoms with Crippen molar-refractivity contribution in [2.45, 2.75) is 25.0 Å². The van der Waals surface area contributed by atoms with Crippen molar-refractivity contribution in [2.24, 2.45) is 0 Å². The Morgan fingerprint density at radius 3 is 2.29 bits per heavy atom. The lowest BCUT2D eigenvalue weighted by atomic mass is 10.1. The van der Waals surface area contributed by atoms with Gasteiger partial charge < -0.3 is 15.3 Å². The van der Waals surface area contributed by atoms with Gasteiger partial charge in [-0.15, -0.1) is 11.8 Å². The maximum Gasteiger partial charge on any atom is 0.326 e. The van der Waals surface area contributed by atoms with Crippen molar-refractivity contribution in [1.29, 1.82) is 0 Å². The third kappa shape index (κ3) is 5.13. The van der Waals surface area contributed by atoms with Crippen LogP contribution >= 0.6 is 11.8 Å². The molecule has 146 valence electrons. The van der Waals surface area contributed by atoms with Crippen LogP contribution in [0.3, 0.4) is 0 Å². The van der Waals surface area contributed by atoms with Crippen LogP contribution in [0.1, 0.15) is 11.1 Å². The van der Waals surface area contributed by atoms with Gasteiger partial charge in [-0.05, 0) is 11.1 Å². The number of carboxylic acids is 1. The fraction of sp³-hybridized carbons (Fsp3) is 0.286. The van der Waals surface area contributed by atoms with Crippen LogP contribution in [0.5, 0.6) is 0 Å². The molecular formula is C21H22N2O4S. The highest BCUT2D eigenvalue weighted by atomic mass is 32.2. The summed E-state index contributed by atoms with van der Waals surface area (Å²) in [5.41, 5.74) is 1.75. The highest BCUT2D eigenvalue weighted by Gasteiger charge is 2.35. The molecule has 1 heterocycles. The van der Waals surface area contributed by atoms with Gasteiger partial charge in [-0.25, -0.2) is 4.79 Å². The van der Waals surface area contributed by atoms with Gasteiger partial charge in [0, 0.05) is 18.7 Å². The van der Waals surface area contributed by atoms with Gasteiger partial charge in [0.15, 0.2) is 0 Å². The van der Waals surface area contributed by atoms with E-state index in [0.29, 0.717) is 18.1 Å². The topological polar surface area (TPSA) is 86.7 Å². The first kappa shape index (κ1) is 19.9. The van der Waals surface area contributed by atoms with E-state index in [1.165, 1.54) is 11.8 Å². The maximum atomic E-state index is 12.9. The van der Waals surface area contributed by atoms with Gasteiger partial charge in [-0.3, -0.25) is 9.59 Å². The van der Waals surface area contributed by atoms with E-state index in [0.717, 1.165) is 11.1 Å². The number of aliphatic carboxylic acids is 1. The Hall–Kier alpha value is -2.80. The first-order chi connectivity index (χ1) is 13.5. The number of hydrogen-bond acceptors (Lipinski definition) is 4. The summed E-state index contributed by atoms with van der Waals surface area (Å²) in [6, 6.07) is 16.9. The van der Waals surface area contributed by atoms with Crippen LogP contribution in [0, 0.1) is 0 Å². The van der Waals surface area contributed by atoms with E-state index in [1.807, 2.05) is 60.7 Å². The van der Waals surface area contributed by atoms with Crippen molar-refractivity contribution in [2.75, 3.05) is 11.5 Å². The molecule has 6 nitrogen and oxygen atoms in total. The van der Waals surface area contributed by atoms with E-state index in [2.05, 4.69) is 5.32 Å². The molecule has 0 bridgehead atoms. The third-order valence-corrected chi connectivity index (χ3v) is 5.60. The van der Waals surface area contributed by atoms with E-state index >= 15 is 0 Å². The maximum absolute atomic E-state index is 12.9.